The van der Waals surface area contributed by atoms with E-state index in [2.05, 4.69) is 25.7 Å². The maximum absolute atomic E-state index is 14.8. The van der Waals surface area contributed by atoms with Gasteiger partial charge in [0, 0.05) is 18.2 Å². The quantitative estimate of drug-likeness (QED) is 0.535. The van der Waals surface area contributed by atoms with Crippen molar-refractivity contribution in [2.24, 2.45) is 0 Å². The number of alkyl halides is 1. The Morgan fingerprint density at radius 3 is 2.63 bits per heavy atom. The number of carbonyl (C=O) groups is 2. The number of halogens is 3. The summed E-state index contributed by atoms with van der Waals surface area (Å²) in [5.74, 6) is -2.25. The number of hydrogen-bond acceptors (Lipinski definition) is 5. The van der Waals surface area contributed by atoms with E-state index in [1.165, 1.54) is 29.4 Å². The Morgan fingerprint density at radius 1 is 1.17 bits per heavy atom. The van der Waals surface area contributed by atoms with E-state index in [9.17, 15) is 22.8 Å². The van der Waals surface area contributed by atoms with Crippen molar-refractivity contribution in [3.05, 3.63) is 76.9 Å². The van der Waals surface area contributed by atoms with E-state index >= 15 is 0 Å². The summed E-state index contributed by atoms with van der Waals surface area (Å²) >= 11 is 0. The molecule has 0 saturated carbocycles. The lowest BCUT2D eigenvalue weighted by Crippen LogP contribution is -2.47. The van der Waals surface area contributed by atoms with Gasteiger partial charge in [0.05, 0.1) is 37.1 Å². The molecule has 2 amide bonds. The number of H-pyrrole nitrogens is 1. The SMILES string of the molecule is CC(C)c1ccc(C(NC(=O)C2CC(F)CN2C(=O)Cc2cnn[nH]2)c2cncc(F)c2)cc1F. The van der Waals surface area contributed by atoms with Crippen LogP contribution in [0.5, 0.6) is 0 Å². The molecule has 11 heteroatoms. The summed E-state index contributed by atoms with van der Waals surface area (Å²) in [4.78, 5) is 31.1. The second-order valence-corrected chi connectivity index (χ2v) is 8.87. The highest BCUT2D eigenvalue weighted by atomic mass is 19.1. The molecule has 1 aliphatic heterocycles. The van der Waals surface area contributed by atoms with Gasteiger partial charge in [0.2, 0.25) is 11.8 Å². The van der Waals surface area contributed by atoms with Gasteiger partial charge in [0.25, 0.3) is 0 Å². The van der Waals surface area contributed by atoms with Crippen molar-refractivity contribution in [1.82, 2.24) is 30.6 Å². The van der Waals surface area contributed by atoms with Crippen LogP contribution in [0.4, 0.5) is 13.2 Å². The predicted molar refractivity (Wildman–Crippen MR) is 120 cm³/mol. The van der Waals surface area contributed by atoms with Crippen molar-refractivity contribution in [2.45, 2.75) is 50.9 Å². The Hall–Kier alpha value is -3.76. The van der Waals surface area contributed by atoms with Crippen molar-refractivity contribution in [3.8, 4) is 0 Å². The van der Waals surface area contributed by atoms with Gasteiger partial charge in [0.1, 0.15) is 23.8 Å². The summed E-state index contributed by atoms with van der Waals surface area (Å²) in [6.07, 6.45) is 2.06. The van der Waals surface area contributed by atoms with Crippen molar-refractivity contribution in [1.29, 1.82) is 0 Å². The van der Waals surface area contributed by atoms with Gasteiger partial charge < -0.3 is 10.2 Å². The van der Waals surface area contributed by atoms with Crippen LogP contribution in [-0.4, -0.2) is 55.9 Å². The number of aromatic nitrogens is 4. The predicted octanol–water partition coefficient (Wildman–Crippen LogP) is 2.99. The van der Waals surface area contributed by atoms with Gasteiger partial charge in [-0.15, -0.1) is 5.10 Å². The molecule has 3 heterocycles. The molecule has 3 unspecified atom stereocenters. The number of benzene rings is 1. The summed E-state index contributed by atoms with van der Waals surface area (Å²) < 4.78 is 43.1. The summed E-state index contributed by atoms with van der Waals surface area (Å²) in [6.45, 7) is 3.47. The topological polar surface area (TPSA) is 104 Å². The first-order valence-electron chi connectivity index (χ1n) is 11.2. The van der Waals surface area contributed by atoms with Crippen LogP contribution in [0.2, 0.25) is 0 Å². The smallest absolute Gasteiger partial charge is 0.243 e. The van der Waals surface area contributed by atoms with E-state index in [0.29, 0.717) is 16.8 Å². The largest absolute Gasteiger partial charge is 0.343 e. The highest BCUT2D eigenvalue weighted by Gasteiger charge is 2.40. The fourth-order valence-corrected chi connectivity index (χ4v) is 4.25. The van der Waals surface area contributed by atoms with Crippen LogP contribution < -0.4 is 5.32 Å². The number of carbonyl (C=O) groups excluding carboxylic acids is 2. The molecule has 0 spiro atoms. The molecule has 1 saturated heterocycles. The van der Waals surface area contributed by atoms with Gasteiger partial charge in [-0.25, -0.2) is 13.2 Å². The van der Waals surface area contributed by atoms with Gasteiger partial charge >= 0.3 is 0 Å². The van der Waals surface area contributed by atoms with Crippen molar-refractivity contribution >= 4 is 11.8 Å². The van der Waals surface area contributed by atoms with Gasteiger partial charge in [-0.3, -0.25) is 19.7 Å². The molecular formula is C24H25F3N6O2. The molecule has 1 aromatic carbocycles. The van der Waals surface area contributed by atoms with Crippen LogP contribution in [0.3, 0.4) is 0 Å². The van der Waals surface area contributed by atoms with E-state index in [1.807, 2.05) is 13.8 Å². The molecule has 0 bridgehead atoms. The Balaban J connectivity index is 1.61. The Kier molecular flexibility index (Phi) is 7.13. The van der Waals surface area contributed by atoms with Crippen LogP contribution in [0.25, 0.3) is 0 Å². The van der Waals surface area contributed by atoms with E-state index < -0.39 is 41.7 Å². The average Bonchev–Trinajstić information content (AvgIpc) is 3.46. The fraction of sp³-hybridized carbons (Fsp3) is 0.375. The number of nitrogens with zero attached hydrogens (tertiary/aromatic N) is 4. The lowest BCUT2D eigenvalue weighted by molar-refractivity contribution is -0.138. The Labute approximate surface area is 199 Å². The van der Waals surface area contributed by atoms with Gasteiger partial charge in [0.15, 0.2) is 0 Å². The first-order valence-corrected chi connectivity index (χ1v) is 11.2. The molecule has 4 rings (SSSR count). The van der Waals surface area contributed by atoms with Crippen LogP contribution in [0, 0.1) is 11.6 Å². The molecule has 1 fully saturated rings. The molecule has 8 nitrogen and oxygen atoms in total. The van der Waals surface area contributed by atoms with Crippen molar-refractivity contribution in [3.63, 3.8) is 0 Å². The number of hydrogen-bond donors (Lipinski definition) is 2. The third kappa shape index (κ3) is 5.50. The Morgan fingerprint density at radius 2 is 1.97 bits per heavy atom. The number of likely N-dealkylation sites (tertiary alicyclic amines) is 1. The molecule has 1 aliphatic rings. The molecule has 0 radical (unpaired) electrons. The van der Waals surface area contributed by atoms with Gasteiger partial charge in [-0.05, 0) is 29.2 Å². The zero-order chi connectivity index (χ0) is 25.1. The first kappa shape index (κ1) is 24.4. The highest BCUT2D eigenvalue weighted by Crippen LogP contribution is 2.28. The number of nitrogens with one attached hydrogen (secondary N) is 2. The molecule has 2 aromatic heterocycles. The Bertz CT molecular complexity index is 1200. The number of rotatable bonds is 7. The maximum Gasteiger partial charge on any atom is 0.243 e. The second kappa shape index (κ2) is 10.2. The van der Waals surface area contributed by atoms with E-state index in [4.69, 9.17) is 0 Å². The third-order valence-electron chi connectivity index (χ3n) is 6.01. The first-order chi connectivity index (χ1) is 16.7. The number of amides is 2. The van der Waals surface area contributed by atoms with Crippen LogP contribution in [0.1, 0.15) is 54.6 Å². The minimum absolute atomic E-state index is 0.0578. The lowest BCUT2D eigenvalue weighted by Gasteiger charge is -2.27. The second-order valence-electron chi connectivity index (χ2n) is 8.87. The van der Waals surface area contributed by atoms with E-state index in [1.54, 1.807) is 12.1 Å². The fourth-order valence-electron chi connectivity index (χ4n) is 4.25. The van der Waals surface area contributed by atoms with Crippen LogP contribution >= 0.6 is 0 Å². The van der Waals surface area contributed by atoms with E-state index in [0.717, 1.165) is 6.20 Å². The zero-order valence-corrected chi connectivity index (χ0v) is 19.2. The zero-order valence-electron chi connectivity index (χ0n) is 19.2. The standard InChI is InChI=1S/C24H25F3N6O2/c1-13(2)19-4-3-14(6-20(19)27)23(15-5-16(25)10-28-9-15)30-24(35)21-7-17(26)12-33(21)22(34)8-18-11-29-32-31-18/h3-6,9-11,13,17,21,23H,7-8,12H2,1-2H3,(H,30,35)(H,29,31,32). The average molecular weight is 486 g/mol. The molecule has 0 aliphatic carbocycles. The van der Waals surface area contributed by atoms with E-state index in [-0.39, 0.29) is 30.9 Å². The molecule has 3 atom stereocenters. The molecular weight excluding hydrogens is 461 g/mol. The summed E-state index contributed by atoms with van der Waals surface area (Å²) in [5, 5.41) is 12.5. The molecule has 2 N–H and O–H groups in total. The highest BCUT2D eigenvalue weighted by molar-refractivity contribution is 5.89. The van der Waals surface area contributed by atoms with Crippen LogP contribution in [-0.2, 0) is 16.0 Å². The molecule has 35 heavy (non-hydrogen) atoms. The molecule has 184 valence electrons. The number of pyridine rings is 1. The van der Waals surface area contributed by atoms with Crippen molar-refractivity contribution in [2.75, 3.05) is 6.54 Å². The molecule has 3 aromatic rings. The monoisotopic (exact) mass is 486 g/mol. The van der Waals surface area contributed by atoms with Crippen molar-refractivity contribution < 1.29 is 22.8 Å². The number of aromatic amines is 1. The summed E-state index contributed by atoms with van der Waals surface area (Å²) in [6, 6.07) is 3.68. The minimum Gasteiger partial charge on any atom is -0.343 e. The minimum atomic E-state index is -1.38. The van der Waals surface area contributed by atoms with Gasteiger partial charge in [-0.2, -0.15) is 0 Å². The third-order valence-corrected chi connectivity index (χ3v) is 6.01. The summed E-state index contributed by atoms with van der Waals surface area (Å²) in [7, 11) is 0. The van der Waals surface area contributed by atoms with Crippen LogP contribution in [0.15, 0.2) is 42.9 Å². The normalized spacial score (nSPS) is 18.6. The lowest BCUT2D eigenvalue weighted by atomic mass is 9.95. The van der Waals surface area contributed by atoms with Gasteiger partial charge in [-0.1, -0.05) is 31.2 Å². The maximum atomic E-state index is 14.8. The summed E-state index contributed by atoms with van der Waals surface area (Å²) in [5.41, 5.74) is 1.58.